The molecule has 0 aliphatic carbocycles. The van der Waals surface area contributed by atoms with Crippen molar-refractivity contribution >= 4 is 23.5 Å². The van der Waals surface area contributed by atoms with E-state index in [1.165, 1.54) is 0 Å². The van der Waals surface area contributed by atoms with Crippen molar-refractivity contribution in [3.8, 4) is 10.8 Å². The van der Waals surface area contributed by atoms with Crippen molar-refractivity contribution in [1.82, 2.24) is 4.98 Å². The Balaban J connectivity index is 2.69. The van der Waals surface area contributed by atoms with Gasteiger partial charge in [0.2, 0.25) is 0 Å². The van der Waals surface area contributed by atoms with Crippen LogP contribution in [-0.4, -0.2) is 4.98 Å². The van der Waals surface area contributed by atoms with Crippen molar-refractivity contribution < 1.29 is 0 Å². The molecule has 0 aromatic carbocycles. The van der Waals surface area contributed by atoms with Crippen LogP contribution in [0.25, 0.3) is 0 Å². The molecule has 0 aliphatic rings. The molecule has 0 fully saturated rings. The second-order valence-electron chi connectivity index (χ2n) is 1.59. The van der Waals surface area contributed by atoms with Crippen LogP contribution in [0.3, 0.4) is 0 Å². The fourth-order valence-electron chi connectivity index (χ4n) is 0.575. The molecular formula is C6H3N3S2. The van der Waals surface area contributed by atoms with Gasteiger partial charge in [-0.15, -0.1) is 0 Å². The minimum atomic E-state index is 0.769. The normalized spacial score (nSPS) is 8.55. The van der Waals surface area contributed by atoms with Gasteiger partial charge in [0.25, 0.3) is 0 Å². The summed E-state index contributed by atoms with van der Waals surface area (Å²) in [6, 6.07) is 1.77. The number of nitrogens with zero attached hydrogens (tertiary/aromatic N) is 2. The van der Waals surface area contributed by atoms with E-state index in [1.54, 1.807) is 12.3 Å². The molecule has 3 nitrogen and oxygen atoms in total. The molecule has 5 heteroatoms. The molecule has 0 amide bonds. The highest BCUT2D eigenvalue weighted by molar-refractivity contribution is 8.04. The first-order valence-corrected chi connectivity index (χ1v) is 4.30. The molecule has 0 saturated carbocycles. The van der Waals surface area contributed by atoms with Crippen LogP contribution in [0.4, 0.5) is 0 Å². The van der Waals surface area contributed by atoms with E-state index in [0.29, 0.717) is 0 Å². The summed E-state index contributed by atoms with van der Waals surface area (Å²) in [7, 11) is 0. The van der Waals surface area contributed by atoms with Crippen LogP contribution in [0.2, 0.25) is 0 Å². The lowest BCUT2D eigenvalue weighted by molar-refractivity contribution is 1.21. The summed E-state index contributed by atoms with van der Waals surface area (Å²) >= 11 is 2.12. The maximum Gasteiger partial charge on any atom is 0.140 e. The first-order valence-electron chi connectivity index (χ1n) is 2.67. The van der Waals surface area contributed by atoms with E-state index in [1.807, 2.05) is 10.8 Å². The SMILES string of the molecule is N#CSc1c[nH]c(SC#N)c1. The second kappa shape index (κ2) is 3.97. The summed E-state index contributed by atoms with van der Waals surface area (Å²) in [6.07, 6.45) is 1.70. The zero-order chi connectivity index (χ0) is 8.10. The smallest absolute Gasteiger partial charge is 0.140 e. The van der Waals surface area contributed by atoms with Crippen LogP contribution in [0, 0.1) is 21.3 Å². The van der Waals surface area contributed by atoms with E-state index in [-0.39, 0.29) is 0 Å². The van der Waals surface area contributed by atoms with Crippen LogP contribution >= 0.6 is 23.5 Å². The Labute approximate surface area is 72.4 Å². The average Bonchev–Trinajstić information content (AvgIpc) is 2.38. The van der Waals surface area contributed by atoms with E-state index >= 15 is 0 Å². The van der Waals surface area contributed by atoms with Crippen LogP contribution in [-0.2, 0) is 0 Å². The number of rotatable bonds is 2. The van der Waals surface area contributed by atoms with Gasteiger partial charge in [0, 0.05) is 22.9 Å². The third kappa shape index (κ3) is 2.23. The third-order valence-electron chi connectivity index (χ3n) is 0.949. The molecule has 0 aliphatic heterocycles. The predicted molar refractivity (Wildman–Crippen MR) is 43.7 cm³/mol. The molecule has 0 bridgehead atoms. The third-order valence-corrected chi connectivity index (χ3v) is 2.06. The number of thiocyanates is 2. The van der Waals surface area contributed by atoms with Gasteiger partial charge in [0.05, 0.1) is 5.03 Å². The number of H-pyrrole nitrogens is 1. The molecule has 1 N–H and O–H groups in total. The molecule has 0 atom stereocenters. The highest BCUT2D eigenvalue weighted by atomic mass is 32.2. The molecule has 11 heavy (non-hydrogen) atoms. The van der Waals surface area contributed by atoms with Gasteiger partial charge in [-0.1, -0.05) is 0 Å². The molecule has 1 aromatic heterocycles. The Hall–Kier alpha value is -1.04. The van der Waals surface area contributed by atoms with E-state index in [4.69, 9.17) is 10.5 Å². The van der Waals surface area contributed by atoms with Gasteiger partial charge >= 0.3 is 0 Å². The van der Waals surface area contributed by atoms with Crippen LogP contribution in [0.1, 0.15) is 0 Å². The molecule has 0 unspecified atom stereocenters. The Bertz CT molecular complexity index is 287. The summed E-state index contributed by atoms with van der Waals surface area (Å²) in [5, 5.41) is 21.2. The molecule has 1 rings (SSSR count). The monoisotopic (exact) mass is 181 g/mol. The first kappa shape index (κ1) is 8.06. The van der Waals surface area contributed by atoms with E-state index in [0.717, 1.165) is 33.4 Å². The molecule has 0 saturated heterocycles. The van der Waals surface area contributed by atoms with Crippen molar-refractivity contribution in [1.29, 1.82) is 10.5 Å². The topological polar surface area (TPSA) is 63.4 Å². The lowest BCUT2D eigenvalue weighted by Crippen LogP contribution is -1.60. The number of hydrogen-bond acceptors (Lipinski definition) is 4. The number of nitriles is 2. The fourth-order valence-corrected chi connectivity index (χ4v) is 1.45. The molecule has 0 spiro atoms. The summed E-state index contributed by atoms with van der Waals surface area (Å²) in [4.78, 5) is 3.70. The Morgan fingerprint density at radius 2 is 2.00 bits per heavy atom. The minimum absolute atomic E-state index is 0.769. The number of hydrogen-bond donors (Lipinski definition) is 1. The zero-order valence-electron chi connectivity index (χ0n) is 5.37. The Morgan fingerprint density at radius 3 is 2.64 bits per heavy atom. The number of thioether (sulfide) groups is 2. The lowest BCUT2D eigenvalue weighted by atomic mass is 10.7. The van der Waals surface area contributed by atoms with Gasteiger partial charge in [0.15, 0.2) is 0 Å². The van der Waals surface area contributed by atoms with Gasteiger partial charge in [-0.3, -0.25) is 0 Å². The summed E-state index contributed by atoms with van der Waals surface area (Å²) in [5.41, 5.74) is 0. The van der Waals surface area contributed by atoms with Crippen molar-refractivity contribution in [3.05, 3.63) is 12.3 Å². The van der Waals surface area contributed by atoms with Crippen molar-refractivity contribution in [2.75, 3.05) is 0 Å². The highest BCUT2D eigenvalue weighted by Crippen LogP contribution is 2.22. The number of nitrogens with one attached hydrogen (secondary N) is 1. The maximum absolute atomic E-state index is 8.29. The standard InChI is InChI=1S/C6H3N3S2/c7-3-10-5-1-6(9-2-5)11-4-8/h1-2,9H. The van der Waals surface area contributed by atoms with E-state index in [9.17, 15) is 0 Å². The maximum atomic E-state index is 8.29. The first-order chi connectivity index (χ1) is 5.36. The van der Waals surface area contributed by atoms with Crippen molar-refractivity contribution in [2.45, 2.75) is 9.92 Å². The number of aromatic amines is 1. The summed E-state index contributed by atoms with van der Waals surface area (Å²) < 4.78 is 0. The van der Waals surface area contributed by atoms with E-state index in [2.05, 4.69) is 4.98 Å². The fraction of sp³-hybridized carbons (Fsp3) is 0. The van der Waals surface area contributed by atoms with Gasteiger partial charge in [0.1, 0.15) is 10.8 Å². The second-order valence-corrected chi connectivity index (χ2v) is 3.27. The largest absolute Gasteiger partial charge is 0.354 e. The van der Waals surface area contributed by atoms with E-state index < -0.39 is 0 Å². The summed E-state index contributed by atoms with van der Waals surface area (Å²) in [5.74, 6) is 0. The summed E-state index contributed by atoms with van der Waals surface area (Å²) in [6.45, 7) is 0. The molecule has 1 heterocycles. The van der Waals surface area contributed by atoms with Crippen LogP contribution in [0.5, 0.6) is 0 Å². The average molecular weight is 181 g/mol. The van der Waals surface area contributed by atoms with Gasteiger partial charge in [-0.25, -0.2) is 0 Å². The number of aromatic nitrogens is 1. The van der Waals surface area contributed by atoms with Gasteiger partial charge in [-0.05, 0) is 17.8 Å². The van der Waals surface area contributed by atoms with Crippen LogP contribution in [0.15, 0.2) is 22.2 Å². The van der Waals surface area contributed by atoms with Crippen LogP contribution < -0.4 is 0 Å². The minimum Gasteiger partial charge on any atom is -0.354 e. The quantitative estimate of drug-likeness (QED) is 0.561. The van der Waals surface area contributed by atoms with Gasteiger partial charge in [-0.2, -0.15) is 10.5 Å². The Kier molecular flexibility index (Phi) is 2.91. The zero-order valence-corrected chi connectivity index (χ0v) is 7.00. The molecule has 1 aromatic rings. The lowest BCUT2D eigenvalue weighted by Gasteiger charge is -1.79. The van der Waals surface area contributed by atoms with Gasteiger partial charge < -0.3 is 4.98 Å². The van der Waals surface area contributed by atoms with Crippen molar-refractivity contribution in [2.24, 2.45) is 0 Å². The molecular weight excluding hydrogens is 178 g/mol. The highest BCUT2D eigenvalue weighted by Gasteiger charge is 1.98. The predicted octanol–water partition coefficient (Wildman–Crippen LogP) is 2.16. The molecule has 54 valence electrons. The van der Waals surface area contributed by atoms with Crippen molar-refractivity contribution in [3.63, 3.8) is 0 Å². The molecule has 0 radical (unpaired) electrons. The Morgan fingerprint density at radius 1 is 1.27 bits per heavy atom.